The van der Waals surface area contributed by atoms with Gasteiger partial charge in [-0.1, -0.05) is 24.6 Å². The van der Waals surface area contributed by atoms with E-state index in [4.69, 9.17) is 21.3 Å². The first-order valence-electron chi connectivity index (χ1n) is 12.8. The average molecular weight is 538 g/mol. The molecule has 3 aromatic rings. The standard InChI is InChI=1S/C28H29ClFN5O3/c1-28(12-25(36)37)15-35(23-11-18(30)3-6-20(23)28)26-21(29)13-31-27(33-26)32-22-9-17-14-34(2)8-7-16(17)10-24(22)38-19-4-5-19/h3,6,9-11,13,19H,4-5,7-8,12,14-15H2,1-2H3,(H,36,37)(H,31,32,33). The van der Waals surface area contributed by atoms with Crippen molar-refractivity contribution in [3.8, 4) is 5.75 Å². The van der Waals surface area contributed by atoms with E-state index in [-0.39, 0.29) is 24.1 Å². The van der Waals surface area contributed by atoms with Gasteiger partial charge in [0.15, 0.2) is 5.82 Å². The molecule has 1 aromatic heterocycles. The summed E-state index contributed by atoms with van der Waals surface area (Å²) in [7, 11) is 2.11. The lowest BCUT2D eigenvalue weighted by Crippen LogP contribution is -2.31. The summed E-state index contributed by atoms with van der Waals surface area (Å²) < 4.78 is 20.5. The number of carboxylic acid groups (broad SMARTS) is 1. The van der Waals surface area contributed by atoms with Crippen LogP contribution in [-0.2, 0) is 23.2 Å². The lowest BCUT2D eigenvalue weighted by molar-refractivity contribution is -0.138. The van der Waals surface area contributed by atoms with E-state index >= 15 is 0 Å². The molecule has 1 fully saturated rings. The first-order chi connectivity index (χ1) is 18.2. The molecule has 198 valence electrons. The van der Waals surface area contributed by atoms with Gasteiger partial charge >= 0.3 is 5.97 Å². The zero-order valence-corrected chi connectivity index (χ0v) is 22.1. The fraction of sp³-hybridized carbons (Fsp3) is 0.393. The zero-order chi connectivity index (χ0) is 26.6. The van der Waals surface area contributed by atoms with E-state index in [1.807, 2.05) is 6.92 Å². The number of benzene rings is 2. The number of halogens is 2. The predicted octanol–water partition coefficient (Wildman–Crippen LogP) is 5.43. The number of carbonyl (C=O) groups is 1. The molecule has 2 aromatic carbocycles. The van der Waals surface area contributed by atoms with Crippen LogP contribution in [0.25, 0.3) is 0 Å². The van der Waals surface area contributed by atoms with Gasteiger partial charge < -0.3 is 25.0 Å². The minimum atomic E-state index is -0.929. The average Bonchev–Trinajstić information content (AvgIpc) is 3.63. The van der Waals surface area contributed by atoms with Crippen molar-refractivity contribution in [1.29, 1.82) is 0 Å². The Balaban J connectivity index is 1.36. The molecule has 0 bridgehead atoms. The number of fused-ring (bicyclic) bond motifs is 2. The first kappa shape index (κ1) is 24.9. The molecule has 2 N–H and O–H groups in total. The molecule has 38 heavy (non-hydrogen) atoms. The summed E-state index contributed by atoms with van der Waals surface area (Å²) in [5, 5.41) is 13.2. The molecule has 1 aliphatic carbocycles. The van der Waals surface area contributed by atoms with Crippen LogP contribution >= 0.6 is 11.6 Å². The number of nitrogens with one attached hydrogen (secondary N) is 1. The van der Waals surface area contributed by atoms with E-state index in [0.29, 0.717) is 17.5 Å². The second kappa shape index (κ2) is 9.39. The van der Waals surface area contributed by atoms with E-state index in [1.54, 1.807) is 11.0 Å². The number of ether oxygens (including phenoxy) is 1. The fourth-order valence-electron chi connectivity index (χ4n) is 5.45. The van der Waals surface area contributed by atoms with Crippen molar-refractivity contribution in [2.75, 3.05) is 30.4 Å². The number of anilines is 4. The highest BCUT2D eigenvalue weighted by atomic mass is 35.5. The summed E-state index contributed by atoms with van der Waals surface area (Å²) in [5.74, 6) is 0.129. The van der Waals surface area contributed by atoms with Gasteiger partial charge in [-0.3, -0.25) is 4.79 Å². The number of hydrogen-bond donors (Lipinski definition) is 2. The molecule has 2 aliphatic heterocycles. The minimum absolute atomic E-state index is 0.110. The Kier molecular flexibility index (Phi) is 6.15. The second-order valence-corrected chi connectivity index (χ2v) is 11.2. The van der Waals surface area contributed by atoms with Crippen LogP contribution in [0.15, 0.2) is 36.5 Å². The largest absolute Gasteiger partial charge is 0.488 e. The number of aromatic nitrogens is 2. The number of aliphatic carboxylic acids is 1. The molecule has 8 nitrogen and oxygen atoms in total. The number of hydrogen-bond acceptors (Lipinski definition) is 7. The van der Waals surface area contributed by atoms with Crippen LogP contribution < -0.4 is 15.0 Å². The van der Waals surface area contributed by atoms with Crippen molar-refractivity contribution in [3.63, 3.8) is 0 Å². The number of rotatable bonds is 7. The maximum atomic E-state index is 14.3. The van der Waals surface area contributed by atoms with Crippen LogP contribution in [0, 0.1) is 5.82 Å². The molecule has 3 heterocycles. The normalized spacial score (nSPS) is 20.7. The summed E-state index contributed by atoms with van der Waals surface area (Å²) >= 11 is 6.57. The molecular weight excluding hydrogens is 509 g/mol. The molecule has 1 atom stereocenters. The highest BCUT2D eigenvalue weighted by Crippen LogP contribution is 2.47. The minimum Gasteiger partial charge on any atom is -0.488 e. The van der Waals surface area contributed by atoms with E-state index in [0.717, 1.165) is 49.4 Å². The Morgan fingerprint density at radius 1 is 1.29 bits per heavy atom. The Bertz CT molecular complexity index is 1430. The second-order valence-electron chi connectivity index (χ2n) is 10.8. The van der Waals surface area contributed by atoms with Crippen LogP contribution in [0.5, 0.6) is 5.75 Å². The quantitative estimate of drug-likeness (QED) is 0.412. The van der Waals surface area contributed by atoms with Gasteiger partial charge in [-0.2, -0.15) is 4.98 Å². The van der Waals surface area contributed by atoms with Gasteiger partial charge in [0.1, 0.15) is 16.6 Å². The maximum absolute atomic E-state index is 14.3. The Morgan fingerprint density at radius 2 is 2.11 bits per heavy atom. The summed E-state index contributed by atoms with van der Waals surface area (Å²) in [6, 6.07) is 8.62. The van der Waals surface area contributed by atoms with Gasteiger partial charge in [-0.05, 0) is 67.3 Å². The Hall–Kier alpha value is -3.43. The summed E-state index contributed by atoms with van der Waals surface area (Å²) in [4.78, 5) is 24.9. The van der Waals surface area contributed by atoms with E-state index in [1.165, 1.54) is 29.5 Å². The molecule has 0 saturated heterocycles. The topological polar surface area (TPSA) is 90.8 Å². The van der Waals surface area contributed by atoms with Gasteiger partial charge in [0.25, 0.3) is 0 Å². The van der Waals surface area contributed by atoms with Gasteiger partial charge in [0.05, 0.1) is 24.4 Å². The lowest BCUT2D eigenvalue weighted by atomic mass is 9.81. The molecule has 3 aliphatic rings. The number of carboxylic acids is 1. The third-order valence-corrected chi connectivity index (χ3v) is 7.77. The fourth-order valence-corrected chi connectivity index (χ4v) is 5.64. The number of nitrogens with zero attached hydrogens (tertiary/aromatic N) is 4. The highest BCUT2D eigenvalue weighted by Gasteiger charge is 2.42. The first-order valence-corrected chi connectivity index (χ1v) is 13.2. The van der Waals surface area contributed by atoms with Crippen molar-refractivity contribution < 1.29 is 19.0 Å². The SMILES string of the molecule is CN1CCc2cc(OC3CC3)c(Nc3ncc(Cl)c(N4CC(C)(CC(=O)O)c5ccc(F)cc54)n3)cc2C1. The van der Waals surface area contributed by atoms with Crippen molar-refractivity contribution in [2.45, 2.75) is 50.7 Å². The van der Waals surface area contributed by atoms with E-state index in [2.05, 4.69) is 34.4 Å². The van der Waals surface area contributed by atoms with Gasteiger partial charge in [0, 0.05) is 30.7 Å². The third-order valence-electron chi connectivity index (χ3n) is 7.50. The molecular formula is C28H29ClFN5O3. The highest BCUT2D eigenvalue weighted by molar-refractivity contribution is 6.33. The van der Waals surface area contributed by atoms with Crippen LogP contribution in [0.3, 0.4) is 0 Å². The molecule has 0 radical (unpaired) electrons. The predicted molar refractivity (Wildman–Crippen MR) is 143 cm³/mol. The Morgan fingerprint density at radius 3 is 2.87 bits per heavy atom. The Labute approximate surface area is 225 Å². The third kappa shape index (κ3) is 4.76. The molecule has 0 amide bonds. The maximum Gasteiger partial charge on any atom is 0.304 e. The summed E-state index contributed by atoms with van der Waals surface area (Å²) in [6.07, 6.45) is 4.67. The van der Waals surface area contributed by atoms with Gasteiger partial charge in [-0.25, -0.2) is 9.37 Å². The summed E-state index contributed by atoms with van der Waals surface area (Å²) in [5.41, 5.74) is 3.84. The van der Waals surface area contributed by atoms with Crippen LogP contribution in [0.2, 0.25) is 5.02 Å². The van der Waals surface area contributed by atoms with Crippen molar-refractivity contribution in [3.05, 3.63) is 64.1 Å². The van der Waals surface area contributed by atoms with Crippen molar-refractivity contribution in [2.24, 2.45) is 0 Å². The summed E-state index contributed by atoms with van der Waals surface area (Å²) in [6.45, 7) is 4.00. The van der Waals surface area contributed by atoms with Crippen LogP contribution in [0.1, 0.15) is 42.9 Å². The number of likely N-dealkylation sites (N-methyl/N-ethyl adjacent to an activating group) is 1. The zero-order valence-electron chi connectivity index (χ0n) is 21.3. The monoisotopic (exact) mass is 537 g/mol. The smallest absolute Gasteiger partial charge is 0.304 e. The molecule has 0 spiro atoms. The molecule has 10 heteroatoms. The van der Waals surface area contributed by atoms with E-state index < -0.39 is 17.2 Å². The van der Waals surface area contributed by atoms with Gasteiger partial charge in [0.2, 0.25) is 5.95 Å². The van der Waals surface area contributed by atoms with Crippen molar-refractivity contribution in [1.82, 2.24) is 14.9 Å². The van der Waals surface area contributed by atoms with Crippen LogP contribution in [0.4, 0.5) is 27.5 Å². The van der Waals surface area contributed by atoms with Crippen LogP contribution in [-0.4, -0.2) is 52.2 Å². The van der Waals surface area contributed by atoms with Crippen molar-refractivity contribution >= 4 is 40.7 Å². The van der Waals surface area contributed by atoms with Gasteiger partial charge in [-0.15, -0.1) is 0 Å². The molecule has 1 unspecified atom stereocenters. The molecule has 1 saturated carbocycles. The lowest BCUT2D eigenvalue weighted by Gasteiger charge is -2.27. The molecule has 6 rings (SSSR count). The van der Waals surface area contributed by atoms with E-state index in [9.17, 15) is 14.3 Å².